The molecule has 11 heavy (non-hydrogen) atoms. The Hall–Kier alpha value is -0.120. The predicted octanol–water partition coefficient (Wildman–Crippen LogP) is -0.176. The van der Waals surface area contributed by atoms with E-state index < -0.39 is 0 Å². The van der Waals surface area contributed by atoms with Crippen LogP contribution < -0.4 is 0 Å². The van der Waals surface area contributed by atoms with E-state index in [4.69, 9.17) is 5.11 Å². The molecule has 0 aromatic rings. The fraction of sp³-hybridized carbons (Fsp3) is 1.00. The summed E-state index contributed by atoms with van der Waals surface area (Å²) in [5, 5.41) is 18.2. The summed E-state index contributed by atoms with van der Waals surface area (Å²) in [6.07, 6.45) is 1.78. The highest BCUT2D eigenvalue weighted by atomic mass is 16.3. The Morgan fingerprint density at radius 3 is 2.91 bits per heavy atom. The topological polar surface area (TPSA) is 43.7 Å². The average Bonchev–Trinajstić information content (AvgIpc) is 2.03. The summed E-state index contributed by atoms with van der Waals surface area (Å²) in [7, 11) is 0. The van der Waals surface area contributed by atoms with Crippen LogP contribution in [-0.2, 0) is 0 Å². The molecule has 2 atom stereocenters. The Bertz CT molecular complexity index is 119. The predicted molar refractivity (Wildman–Crippen MR) is 43.4 cm³/mol. The van der Waals surface area contributed by atoms with Gasteiger partial charge in [0.25, 0.3) is 0 Å². The second-order valence-corrected chi connectivity index (χ2v) is 3.32. The van der Waals surface area contributed by atoms with Crippen LogP contribution in [0.3, 0.4) is 0 Å². The molecule has 0 spiro atoms. The largest absolute Gasteiger partial charge is 0.395 e. The summed E-state index contributed by atoms with van der Waals surface area (Å²) in [6, 6.07) is 0.199. The van der Waals surface area contributed by atoms with Crippen LogP contribution in [0.5, 0.6) is 0 Å². The molecule has 66 valence electrons. The molecule has 1 unspecified atom stereocenters. The number of hydrogen-bond acceptors (Lipinski definition) is 3. The Labute approximate surface area is 67.6 Å². The molecule has 1 rings (SSSR count). The molecule has 0 radical (unpaired) electrons. The van der Waals surface area contributed by atoms with Crippen molar-refractivity contribution < 1.29 is 10.2 Å². The quantitative estimate of drug-likeness (QED) is 0.587. The molecule has 1 saturated heterocycles. The van der Waals surface area contributed by atoms with Gasteiger partial charge in [-0.1, -0.05) is 0 Å². The van der Waals surface area contributed by atoms with Gasteiger partial charge in [-0.3, -0.25) is 4.90 Å². The first-order valence-corrected chi connectivity index (χ1v) is 4.27. The number of β-amino-alcohol motifs (C(OH)–C–C–N with tert-alkyl or cyclic N) is 1. The molecule has 0 bridgehead atoms. The summed E-state index contributed by atoms with van der Waals surface area (Å²) >= 11 is 0. The molecule has 0 amide bonds. The normalized spacial score (nSPS) is 30.3. The first-order chi connectivity index (χ1) is 5.24. The molecular formula is C8H17NO2. The van der Waals surface area contributed by atoms with Crippen molar-refractivity contribution in [1.29, 1.82) is 0 Å². The van der Waals surface area contributed by atoms with Crippen LogP contribution in [0, 0.1) is 0 Å². The van der Waals surface area contributed by atoms with Gasteiger partial charge in [0.15, 0.2) is 0 Å². The fourth-order valence-electron chi connectivity index (χ4n) is 1.50. The van der Waals surface area contributed by atoms with Gasteiger partial charge < -0.3 is 10.2 Å². The third-order valence-corrected chi connectivity index (χ3v) is 2.32. The van der Waals surface area contributed by atoms with Crippen molar-refractivity contribution in [3.05, 3.63) is 0 Å². The maximum absolute atomic E-state index is 9.30. The number of rotatable bonds is 2. The van der Waals surface area contributed by atoms with E-state index in [1.165, 1.54) is 0 Å². The van der Waals surface area contributed by atoms with Gasteiger partial charge in [-0.2, -0.15) is 0 Å². The van der Waals surface area contributed by atoms with E-state index in [9.17, 15) is 5.11 Å². The number of aliphatic hydroxyl groups is 2. The first-order valence-electron chi connectivity index (χ1n) is 4.27. The molecule has 1 aliphatic rings. The lowest BCUT2D eigenvalue weighted by Gasteiger charge is -2.33. The van der Waals surface area contributed by atoms with Crippen molar-refractivity contribution in [3.8, 4) is 0 Å². The Morgan fingerprint density at radius 2 is 2.36 bits per heavy atom. The molecule has 0 aliphatic carbocycles. The van der Waals surface area contributed by atoms with Gasteiger partial charge >= 0.3 is 0 Å². The minimum Gasteiger partial charge on any atom is -0.395 e. The van der Waals surface area contributed by atoms with Crippen molar-refractivity contribution in [1.82, 2.24) is 4.90 Å². The van der Waals surface area contributed by atoms with Gasteiger partial charge in [-0.05, 0) is 26.3 Å². The third kappa shape index (κ3) is 2.43. The maximum atomic E-state index is 9.30. The number of piperidine rings is 1. The van der Waals surface area contributed by atoms with Crippen LogP contribution in [0.15, 0.2) is 0 Å². The molecule has 0 saturated carbocycles. The van der Waals surface area contributed by atoms with E-state index in [1.54, 1.807) is 0 Å². The third-order valence-electron chi connectivity index (χ3n) is 2.32. The Morgan fingerprint density at radius 1 is 1.64 bits per heavy atom. The lowest BCUT2D eigenvalue weighted by atomic mass is 10.1. The second kappa shape index (κ2) is 4.04. The SMILES string of the molecule is CC(CO)N1CCC[C@@H](O)C1. The number of likely N-dealkylation sites (tertiary alicyclic amines) is 1. The van der Waals surface area contributed by atoms with Crippen molar-refractivity contribution in [2.24, 2.45) is 0 Å². The van der Waals surface area contributed by atoms with Crippen molar-refractivity contribution in [2.75, 3.05) is 19.7 Å². The van der Waals surface area contributed by atoms with Crippen LogP contribution in [0.25, 0.3) is 0 Å². The molecule has 2 N–H and O–H groups in total. The zero-order valence-electron chi connectivity index (χ0n) is 7.03. The highest BCUT2D eigenvalue weighted by Crippen LogP contribution is 2.12. The van der Waals surface area contributed by atoms with Crippen LogP contribution in [0.4, 0.5) is 0 Å². The highest BCUT2D eigenvalue weighted by molar-refractivity contribution is 4.75. The lowest BCUT2D eigenvalue weighted by Crippen LogP contribution is -2.44. The minimum atomic E-state index is -0.183. The lowest BCUT2D eigenvalue weighted by molar-refractivity contribution is 0.0344. The van der Waals surface area contributed by atoms with E-state index >= 15 is 0 Å². The standard InChI is InChI=1S/C8H17NO2/c1-7(6-10)9-4-2-3-8(11)5-9/h7-8,10-11H,2-6H2,1H3/t7?,8-/m1/s1. The van der Waals surface area contributed by atoms with E-state index in [0.717, 1.165) is 25.9 Å². The maximum Gasteiger partial charge on any atom is 0.0667 e. The zero-order valence-corrected chi connectivity index (χ0v) is 7.03. The van der Waals surface area contributed by atoms with Crippen LogP contribution in [0.1, 0.15) is 19.8 Å². The monoisotopic (exact) mass is 159 g/mol. The molecule has 1 aliphatic heterocycles. The minimum absolute atomic E-state index is 0.183. The number of hydrogen-bond donors (Lipinski definition) is 2. The summed E-state index contributed by atoms with van der Waals surface area (Å²) in [4.78, 5) is 2.13. The summed E-state index contributed by atoms with van der Waals surface area (Å²) in [5.74, 6) is 0. The van der Waals surface area contributed by atoms with Gasteiger partial charge in [0.1, 0.15) is 0 Å². The summed E-state index contributed by atoms with van der Waals surface area (Å²) < 4.78 is 0. The van der Waals surface area contributed by atoms with E-state index in [0.29, 0.717) is 0 Å². The van der Waals surface area contributed by atoms with Gasteiger partial charge in [-0.25, -0.2) is 0 Å². The van der Waals surface area contributed by atoms with Gasteiger partial charge in [0, 0.05) is 12.6 Å². The van der Waals surface area contributed by atoms with Gasteiger partial charge in [-0.15, -0.1) is 0 Å². The van der Waals surface area contributed by atoms with Crippen molar-refractivity contribution in [2.45, 2.75) is 31.9 Å². The molecule has 1 heterocycles. The fourth-order valence-corrected chi connectivity index (χ4v) is 1.50. The smallest absolute Gasteiger partial charge is 0.0667 e. The number of aliphatic hydroxyl groups excluding tert-OH is 2. The Balaban J connectivity index is 2.33. The highest BCUT2D eigenvalue weighted by Gasteiger charge is 2.20. The average molecular weight is 159 g/mol. The summed E-state index contributed by atoms with van der Waals surface area (Å²) in [5.41, 5.74) is 0. The molecule has 1 fully saturated rings. The number of nitrogens with zero attached hydrogens (tertiary/aromatic N) is 1. The summed E-state index contributed by atoms with van der Waals surface area (Å²) in [6.45, 7) is 3.91. The molecule has 0 aromatic carbocycles. The second-order valence-electron chi connectivity index (χ2n) is 3.32. The van der Waals surface area contributed by atoms with E-state index in [-0.39, 0.29) is 18.8 Å². The Kier molecular flexibility index (Phi) is 3.30. The van der Waals surface area contributed by atoms with E-state index in [2.05, 4.69) is 4.90 Å². The molecule has 3 nitrogen and oxygen atoms in total. The zero-order chi connectivity index (χ0) is 8.27. The van der Waals surface area contributed by atoms with Crippen molar-refractivity contribution >= 4 is 0 Å². The van der Waals surface area contributed by atoms with Gasteiger partial charge in [0.2, 0.25) is 0 Å². The molecule has 0 aromatic heterocycles. The van der Waals surface area contributed by atoms with Crippen molar-refractivity contribution in [3.63, 3.8) is 0 Å². The van der Waals surface area contributed by atoms with E-state index in [1.807, 2.05) is 6.92 Å². The van der Waals surface area contributed by atoms with Crippen LogP contribution in [-0.4, -0.2) is 47.0 Å². The van der Waals surface area contributed by atoms with Gasteiger partial charge in [0.05, 0.1) is 12.7 Å². The molecule has 3 heteroatoms. The first kappa shape index (κ1) is 8.97. The molecular weight excluding hydrogens is 142 g/mol. The van der Waals surface area contributed by atoms with Crippen LogP contribution in [0.2, 0.25) is 0 Å². The van der Waals surface area contributed by atoms with Crippen LogP contribution >= 0.6 is 0 Å².